The minimum Gasteiger partial charge on any atom is -0.447 e. The first kappa shape index (κ1) is 25.5. The fourth-order valence-corrected chi connectivity index (χ4v) is 3.73. The zero-order chi connectivity index (χ0) is 24.5. The van der Waals surface area contributed by atoms with Gasteiger partial charge < -0.3 is 14.6 Å². The zero-order valence-corrected chi connectivity index (χ0v) is 21.9. The highest BCUT2D eigenvalue weighted by molar-refractivity contribution is 9.13. The second kappa shape index (κ2) is 12.3. The van der Waals surface area contributed by atoms with Crippen molar-refractivity contribution in [2.24, 2.45) is 5.10 Å². The van der Waals surface area contributed by atoms with E-state index in [9.17, 15) is 9.59 Å². The number of amides is 2. The van der Waals surface area contributed by atoms with Crippen molar-refractivity contribution in [3.8, 4) is 0 Å². The number of rotatable bonds is 9. The fourth-order valence-electron chi connectivity index (χ4n) is 3.12. The number of carbonyl (C=O) groups excluding carboxylic acids is 2. The van der Waals surface area contributed by atoms with Gasteiger partial charge in [-0.15, -0.1) is 0 Å². The lowest BCUT2D eigenvalue weighted by Gasteiger charge is -2.20. The Morgan fingerprint density at radius 1 is 1.03 bits per heavy atom. The molecule has 1 heterocycles. The summed E-state index contributed by atoms with van der Waals surface area (Å²) in [5.41, 5.74) is 4.78. The van der Waals surface area contributed by atoms with Crippen molar-refractivity contribution in [1.29, 1.82) is 0 Å². The van der Waals surface area contributed by atoms with E-state index in [0.29, 0.717) is 16.0 Å². The van der Waals surface area contributed by atoms with Crippen LogP contribution in [0.25, 0.3) is 6.08 Å². The molecule has 9 heteroatoms. The lowest BCUT2D eigenvalue weighted by molar-refractivity contribution is -0.117. The Balaban J connectivity index is 1.82. The second-order valence-corrected chi connectivity index (χ2v) is 8.69. The van der Waals surface area contributed by atoms with Gasteiger partial charge in [-0.2, -0.15) is 5.10 Å². The summed E-state index contributed by atoms with van der Waals surface area (Å²) < 4.78 is 6.65. The maximum atomic E-state index is 12.9. The summed E-state index contributed by atoms with van der Waals surface area (Å²) in [5.74, 6) is -0.535. The molecule has 0 unspecified atom stereocenters. The number of benzene rings is 2. The predicted molar refractivity (Wildman–Crippen MR) is 142 cm³/mol. The van der Waals surface area contributed by atoms with Crippen molar-refractivity contribution < 1.29 is 14.0 Å². The topological polar surface area (TPSA) is 86.9 Å². The van der Waals surface area contributed by atoms with Crippen molar-refractivity contribution in [1.82, 2.24) is 10.7 Å². The van der Waals surface area contributed by atoms with E-state index in [2.05, 4.69) is 66.5 Å². The predicted octanol–water partition coefficient (Wildman–Crippen LogP) is 5.57. The Bertz CT molecular complexity index is 1170. The molecule has 0 aliphatic rings. The Hall–Kier alpha value is -3.17. The lowest BCUT2D eigenvalue weighted by Crippen LogP contribution is -2.32. The molecule has 2 N–H and O–H groups in total. The smallest absolute Gasteiger partial charge is 0.287 e. The molecule has 0 aliphatic carbocycles. The summed E-state index contributed by atoms with van der Waals surface area (Å²) in [6.07, 6.45) is 2.97. The van der Waals surface area contributed by atoms with Gasteiger partial charge in [0, 0.05) is 30.4 Å². The highest BCUT2D eigenvalue weighted by Crippen LogP contribution is 2.25. The lowest BCUT2D eigenvalue weighted by atomic mass is 10.1. The summed E-state index contributed by atoms with van der Waals surface area (Å²) in [7, 11) is 0. The van der Waals surface area contributed by atoms with E-state index in [0.717, 1.165) is 28.8 Å². The standard InChI is InChI=1S/C25H24Br2N4O3/c1-3-31(4-2)19-12-10-17(11-13-19)14-22(29-24(32)18-8-6-5-7-9-18)25(33)30-28-16-20-15-21(26)23(27)34-20/h5-16H,3-4H2,1-2H3,(H,29,32)(H,30,33). The molecule has 2 aromatic carbocycles. The summed E-state index contributed by atoms with van der Waals surface area (Å²) in [6, 6.07) is 18.2. The third kappa shape index (κ3) is 6.91. The van der Waals surface area contributed by atoms with Crippen molar-refractivity contribution in [3.05, 3.63) is 92.4 Å². The molecule has 0 atom stereocenters. The van der Waals surface area contributed by atoms with Gasteiger partial charge in [-0.3, -0.25) is 9.59 Å². The highest BCUT2D eigenvalue weighted by Gasteiger charge is 2.14. The van der Waals surface area contributed by atoms with Crippen LogP contribution in [0.15, 0.2) is 85.0 Å². The van der Waals surface area contributed by atoms with Crippen molar-refractivity contribution in [2.75, 3.05) is 18.0 Å². The Kier molecular flexibility index (Phi) is 9.24. The molecule has 176 valence electrons. The number of nitrogens with zero attached hydrogens (tertiary/aromatic N) is 2. The van der Waals surface area contributed by atoms with Gasteiger partial charge in [-0.1, -0.05) is 30.3 Å². The zero-order valence-electron chi connectivity index (χ0n) is 18.7. The maximum Gasteiger partial charge on any atom is 0.287 e. The minimum atomic E-state index is -0.571. The minimum absolute atomic E-state index is 0.0587. The number of halogens is 2. The number of hydrogen-bond donors (Lipinski definition) is 2. The average molecular weight is 588 g/mol. The molecule has 0 radical (unpaired) electrons. The molecule has 1 aromatic heterocycles. The molecular weight excluding hydrogens is 564 g/mol. The van der Waals surface area contributed by atoms with Gasteiger partial charge >= 0.3 is 0 Å². The van der Waals surface area contributed by atoms with Crippen molar-refractivity contribution in [3.63, 3.8) is 0 Å². The summed E-state index contributed by atoms with van der Waals surface area (Å²) in [4.78, 5) is 27.8. The van der Waals surface area contributed by atoms with E-state index in [-0.39, 0.29) is 5.70 Å². The Morgan fingerprint density at radius 3 is 2.29 bits per heavy atom. The Labute approximate surface area is 215 Å². The number of nitrogens with one attached hydrogen (secondary N) is 2. The number of anilines is 1. The van der Waals surface area contributed by atoms with E-state index >= 15 is 0 Å². The Morgan fingerprint density at radius 2 is 1.71 bits per heavy atom. The molecule has 2 amide bonds. The molecule has 0 saturated carbocycles. The largest absolute Gasteiger partial charge is 0.447 e. The first-order chi connectivity index (χ1) is 16.4. The average Bonchev–Trinajstić information content (AvgIpc) is 3.17. The molecule has 7 nitrogen and oxygen atoms in total. The highest BCUT2D eigenvalue weighted by atomic mass is 79.9. The number of hydrogen-bond acceptors (Lipinski definition) is 5. The van der Waals surface area contributed by atoms with Crippen LogP contribution in [0, 0.1) is 0 Å². The monoisotopic (exact) mass is 586 g/mol. The van der Waals surface area contributed by atoms with Crippen LogP contribution < -0.4 is 15.6 Å². The normalized spacial score (nSPS) is 11.5. The van der Waals surface area contributed by atoms with Crippen LogP contribution in [0.4, 0.5) is 5.69 Å². The van der Waals surface area contributed by atoms with Gasteiger partial charge in [-0.25, -0.2) is 5.43 Å². The van der Waals surface area contributed by atoms with Crippen LogP contribution in [0.2, 0.25) is 0 Å². The second-order valence-electron chi connectivity index (χ2n) is 7.11. The molecule has 0 spiro atoms. The fraction of sp³-hybridized carbons (Fsp3) is 0.160. The summed E-state index contributed by atoms with van der Waals surface area (Å²) in [6.45, 7) is 5.99. The van der Waals surface area contributed by atoms with Gasteiger partial charge in [0.15, 0.2) is 4.67 Å². The maximum absolute atomic E-state index is 12.9. The third-order valence-corrected chi connectivity index (χ3v) is 6.59. The SMILES string of the molecule is CCN(CC)c1ccc(C=C(NC(=O)c2ccccc2)C(=O)NN=Cc2cc(Br)c(Br)o2)cc1. The van der Waals surface area contributed by atoms with Crippen LogP contribution in [-0.4, -0.2) is 31.1 Å². The van der Waals surface area contributed by atoms with Crippen LogP contribution in [0.5, 0.6) is 0 Å². The van der Waals surface area contributed by atoms with Crippen LogP contribution in [0.1, 0.15) is 35.5 Å². The molecule has 0 bridgehead atoms. The quantitative estimate of drug-likeness (QED) is 0.195. The van der Waals surface area contributed by atoms with Gasteiger partial charge in [0.2, 0.25) is 0 Å². The van der Waals surface area contributed by atoms with Crippen molar-refractivity contribution >= 4 is 61.7 Å². The van der Waals surface area contributed by atoms with E-state index in [1.54, 1.807) is 36.4 Å². The van der Waals surface area contributed by atoms with Gasteiger partial charge in [0.1, 0.15) is 11.5 Å². The van der Waals surface area contributed by atoms with E-state index in [4.69, 9.17) is 4.42 Å². The van der Waals surface area contributed by atoms with Gasteiger partial charge in [0.05, 0.1) is 10.7 Å². The van der Waals surface area contributed by atoms with Crippen molar-refractivity contribution in [2.45, 2.75) is 13.8 Å². The van der Waals surface area contributed by atoms with Gasteiger partial charge in [-0.05, 0) is 81.6 Å². The van der Waals surface area contributed by atoms with E-state index < -0.39 is 11.8 Å². The van der Waals surface area contributed by atoms with Crippen LogP contribution in [0.3, 0.4) is 0 Å². The third-order valence-electron chi connectivity index (χ3n) is 4.88. The number of carbonyl (C=O) groups is 2. The molecule has 0 saturated heterocycles. The molecule has 34 heavy (non-hydrogen) atoms. The molecule has 3 aromatic rings. The molecule has 0 fully saturated rings. The number of furan rings is 1. The van der Waals surface area contributed by atoms with Crippen LogP contribution in [-0.2, 0) is 4.79 Å². The summed E-state index contributed by atoms with van der Waals surface area (Å²) in [5, 5.41) is 6.63. The van der Waals surface area contributed by atoms with E-state index in [1.807, 2.05) is 30.3 Å². The van der Waals surface area contributed by atoms with E-state index in [1.165, 1.54) is 6.21 Å². The van der Waals surface area contributed by atoms with Crippen LogP contribution >= 0.6 is 31.9 Å². The number of hydrazone groups is 1. The molecule has 3 rings (SSSR count). The molecular formula is C25H24Br2N4O3. The molecule has 0 aliphatic heterocycles. The first-order valence-corrected chi connectivity index (χ1v) is 12.2. The first-order valence-electron chi connectivity index (χ1n) is 10.6. The van der Waals surface area contributed by atoms with Gasteiger partial charge in [0.25, 0.3) is 11.8 Å². The summed E-state index contributed by atoms with van der Waals surface area (Å²) >= 11 is 6.57.